The third-order valence-electron chi connectivity index (χ3n) is 3.28. The van der Waals surface area contributed by atoms with Gasteiger partial charge in [-0.15, -0.1) is 0 Å². The first-order chi connectivity index (χ1) is 9.74. The van der Waals surface area contributed by atoms with Gasteiger partial charge >= 0.3 is 5.97 Å². The van der Waals surface area contributed by atoms with E-state index in [0.717, 1.165) is 30.3 Å². The fourth-order valence-electron chi connectivity index (χ4n) is 2.22. The summed E-state index contributed by atoms with van der Waals surface area (Å²) in [5.41, 5.74) is 2.31. The van der Waals surface area contributed by atoms with Crippen LogP contribution in [0.5, 0.6) is 0 Å². The molecule has 1 aromatic carbocycles. The molecule has 2 rings (SSSR count). The van der Waals surface area contributed by atoms with Crippen LogP contribution in [0.4, 0.5) is 0 Å². The third-order valence-corrected chi connectivity index (χ3v) is 3.28. The summed E-state index contributed by atoms with van der Waals surface area (Å²) in [7, 11) is 1.93. The standard InChI is InChI=1S/C16H22N2O2/c1-3-4-9-20-16(19)12-18-8-7-14-10-13(11-17-2)5-6-15(14)18/h5-8,10,17H,3-4,9,11-12H2,1-2H3. The Bertz CT molecular complexity index is 575. The Kier molecular flexibility index (Phi) is 5.18. The van der Waals surface area contributed by atoms with Crippen LogP contribution in [0.25, 0.3) is 10.9 Å². The first-order valence-corrected chi connectivity index (χ1v) is 7.12. The number of nitrogens with one attached hydrogen (secondary N) is 1. The Morgan fingerprint density at radius 2 is 2.20 bits per heavy atom. The minimum Gasteiger partial charge on any atom is -0.464 e. The molecule has 0 radical (unpaired) electrons. The number of ether oxygens (including phenoxy) is 1. The summed E-state index contributed by atoms with van der Waals surface area (Å²) in [4.78, 5) is 11.7. The summed E-state index contributed by atoms with van der Waals surface area (Å²) in [6.45, 7) is 3.72. The van der Waals surface area contributed by atoms with Gasteiger partial charge in [0, 0.05) is 18.3 Å². The van der Waals surface area contributed by atoms with Gasteiger partial charge in [-0.05, 0) is 42.6 Å². The van der Waals surface area contributed by atoms with Gasteiger partial charge in [0.1, 0.15) is 6.54 Å². The Morgan fingerprint density at radius 3 is 2.95 bits per heavy atom. The van der Waals surface area contributed by atoms with Crippen LogP contribution in [-0.4, -0.2) is 24.2 Å². The van der Waals surface area contributed by atoms with E-state index < -0.39 is 0 Å². The zero-order valence-corrected chi connectivity index (χ0v) is 12.2. The number of hydrogen-bond donors (Lipinski definition) is 1. The molecule has 1 N–H and O–H groups in total. The minimum absolute atomic E-state index is 0.171. The van der Waals surface area contributed by atoms with Crippen LogP contribution in [0.2, 0.25) is 0 Å². The van der Waals surface area contributed by atoms with Gasteiger partial charge in [0.15, 0.2) is 0 Å². The molecule has 0 saturated carbocycles. The molecule has 0 unspecified atom stereocenters. The van der Waals surface area contributed by atoms with E-state index in [-0.39, 0.29) is 12.5 Å². The van der Waals surface area contributed by atoms with E-state index in [1.54, 1.807) is 0 Å². The molecule has 0 spiro atoms. The lowest BCUT2D eigenvalue weighted by Crippen LogP contribution is -2.13. The lowest BCUT2D eigenvalue weighted by molar-refractivity contribution is -0.144. The lowest BCUT2D eigenvalue weighted by atomic mass is 10.1. The number of nitrogens with zero attached hydrogens (tertiary/aromatic N) is 1. The van der Waals surface area contributed by atoms with Crippen molar-refractivity contribution in [3.05, 3.63) is 36.0 Å². The maximum absolute atomic E-state index is 11.7. The second-order valence-electron chi connectivity index (χ2n) is 4.94. The molecule has 0 amide bonds. The molecule has 4 heteroatoms. The highest BCUT2D eigenvalue weighted by Gasteiger charge is 2.07. The smallest absolute Gasteiger partial charge is 0.325 e. The van der Waals surface area contributed by atoms with Crippen molar-refractivity contribution < 1.29 is 9.53 Å². The van der Waals surface area contributed by atoms with Gasteiger partial charge in [-0.2, -0.15) is 0 Å². The van der Waals surface area contributed by atoms with Gasteiger partial charge in [-0.1, -0.05) is 19.4 Å². The van der Waals surface area contributed by atoms with Crippen LogP contribution in [-0.2, 0) is 22.6 Å². The molecule has 0 aliphatic rings. The summed E-state index contributed by atoms with van der Waals surface area (Å²) in [6, 6.07) is 8.32. The summed E-state index contributed by atoms with van der Waals surface area (Å²) < 4.78 is 7.13. The second kappa shape index (κ2) is 7.10. The molecular formula is C16H22N2O2. The predicted octanol–water partition coefficient (Wildman–Crippen LogP) is 2.70. The van der Waals surface area contributed by atoms with E-state index >= 15 is 0 Å². The number of aromatic nitrogens is 1. The number of unbranched alkanes of at least 4 members (excludes halogenated alkanes) is 1. The number of rotatable bonds is 7. The fraction of sp³-hybridized carbons (Fsp3) is 0.438. The van der Waals surface area contributed by atoms with Gasteiger partial charge < -0.3 is 14.6 Å². The fourth-order valence-corrected chi connectivity index (χ4v) is 2.22. The van der Waals surface area contributed by atoms with Gasteiger partial charge in [-0.3, -0.25) is 4.79 Å². The van der Waals surface area contributed by atoms with Gasteiger partial charge in [0.05, 0.1) is 6.61 Å². The number of hydrogen-bond acceptors (Lipinski definition) is 3. The highest BCUT2D eigenvalue weighted by Crippen LogP contribution is 2.18. The van der Waals surface area contributed by atoms with Crippen LogP contribution in [0.15, 0.2) is 30.5 Å². The quantitative estimate of drug-likeness (QED) is 0.623. The van der Waals surface area contributed by atoms with Crippen molar-refractivity contribution in [2.75, 3.05) is 13.7 Å². The zero-order valence-electron chi connectivity index (χ0n) is 12.2. The molecule has 0 aliphatic carbocycles. The Labute approximate surface area is 119 Å². The highest BCUT2D eigenvalue weighted by molar-refractivity contribution is 5.82. The monoisotopic (exact) mass is 274 g/mol. The highest BCUT2D eigenvalue weighted by atomic mass is 16.5. The van der Waals surface area contributed by atoms with Crippen LogP contribution >= 0.6 is 0 Å². The summed E-state index contributed by atoms with van der Waals surface area (Å²) >= 11 is 0. The molecule has 0 aliphatic heterocycles. The van der Waals surface area contributed by atoms with Crippen molar-refractivity contribution in [2.45, 2.75) is 32.9 Å². The summed E-state index contributed by atoms with van der Waals surface area (Å²) in [5.74, 6) is -0.171. The molecule has 0 bridgehead atoms. The number of fused-ring (bicyclic) bond motifs is 1. The van der Waals surface area contributed by atoms with E-state index in [2.05, 4.69) is 30.4 Å². The number of benzene rings is 1. The summed E-state index contributed by atoms with van der Waals surface area (Å²) in [5, 5.41) is 4.29. The van der Waals surface area contributed by atoms with E-state index in [9.17, 15) is 4.79 Å². The van der Waals surface area contributed by atoms with Crippen LogP contribution in [0.1, 0.15) is 25.3 Å². The van der Waals surface area contributed by atoms with Crippen molar-refractivity contribution in [3.63, 3.8) is 0 Å². The largest absolute Gasteiger partial charge is 0.464 e. The minimum atomic E-state index is -0.171. The third kappa shape index (κ3) is 3.61. The van der Waals surface area contributed by atoms with Crippen molar-refractivity contribution in [2.24, 2.45) is 0 Å². The van der Waals surface area contributed by atoms with Gasteiger partial charge in [0.25, 0.3) is 0 Å². The van der Waals surface area contributed by atoms with E-state index in [1.807, 2.05) is 23.9 Å². The lowest BCUT2D eigenvalue weighted by Gasteiger charge is -2.07. The maximum atomic E-state index is 11.7. The van der Waals surface area contributed by atoms with Crippen LogP contribution in [0, 0.1) is 0 Å². The predicted molar refractivity (Wildman–Crippen MR) is 80.6 cm³/mol. The molecule has 2 aromatic rings. The average Bonchev–Trinajstić information content (AvgIpc) is 2.82. The number of carbonyl (C=O) groups excluding carboxylic acids is 1. The van der Waals surface area contributed by atoms with Gasteiger partial charge in [-0.25, -0.2) is 0 Å². The van der Waals surface area contributed by atoms with Gasteiger partial charge in [0.2, 0.25) is 0 Å². The van der Waals surface area contributed by atoms with Crippen LogP contribution in [0.3, 0.4) is 0 Å². The Morgan fingerprint density at radius 1 is 1.35 bits per heavy atom. The van der Waals surface area contributed by atoms with Crippen molar-refractivity contribution in [1.29, 1.82) is 0 Å². The normalized spacial score (nSPS) is 10.9. The molecule has 20 heavy (non-hydrogen) atoms. The molecular weight excluding hydrogens is 252 g/mol. The number of esters is 1. The van der Waals surface area contributed by atoms with Crippen molar-refractivity contribution in [1.82, 2.24) is 9.88 Å². The molecule has 0 fully saturated rings. The first kappa shape index (κ1) is 14.6. The molecule has 0 atom stereocenters. The molecule has 108 valence electrons. The molecule has 0 saturated heterocycles. The van der Waals surface area contributed by atoms with Crippen molar-refractivity contribution >= 4 is 16.9 Å². The van der Waals surface area contributed by atoms with E-state index in [0.29, 0.717) is 6.61 Å². The second-order valence-corrected chi connectivity index (χ2v) is 4.94. The zero-order chi connectivity index (χ0) is 14.4. The Hall–Kier alpha value is -1.81. The SMILES string of the molecule is CCCCOC(=O)Cn1ccc2cc(CNC)ccc21. The van der Waals surface area contributed by atoms with E-state index in [4.69, 9.17) is 4.74 Å². The van der Waals surface area contributed by atoms with E-state index in [1.165, 1.54) is 5.56 Å². The molecule has 1 heterocycles. The van der Waals surface area contributed by atoms with Crippen molar-refractivity contribution in [3.8, 4) is 0 Å². The summed E-state index contributed by atoms with van der Waals surface area (Å²) in [6.07, 6.45) is 3.90. The molecule has 1 aromatic heterocycles. The van der Waals surface area contributed by atoms with Crippen LogP contribution < -0.4 is 5.32 Å². The average molecular weight is 274 g/mol. The number of carbonyl (C=O) groups is 1. The maximum Gasteiger partial charge on any atom is 0.325 e. The topological polar surface area (TPSA) is 43.3 Å². The molecule has 4 nitrogen and oxygen atoms in total. The first-order valence-electron chi connectivity index (χ1n) is 7.12. The Balaban J connectivity index is 2.05.